The molecule has 9 heteroatoms. The van der Waals surface area contributed by atoms with Gasteiger partial charge in [0.2, 0.25) is 0 Å². The number of alkyl halides is 3. The number of nitrogens with zero attached hydrogens (tertiary/aromatic N) is 2. The zero-order chi connectivity index (χ0) is 13.2. The lowest BCUT2D eigenvalue weighted by Crippen LogP contribution is -2.39. The van der Waals surface area contributed by atoms with Crippen LogP contribution >= 0.6 is 0 Å². The number of amides is 3. The first kappa shape index (κ1) is 13.0. The first-order valence-corrected chi connectivity index (χ1v) is 4.44. The lowest BCUT2D eigenvalue weighted by Gasteiger charge is -2.10. The Hall–Kier alpha value is -2.06. The molecule has 1 rings (SSSR count). The van der Waals surface area contributed by atoms with E-state index >= 15 is 0 Å². The molecule has 0 spiro atoms. The van der Waals surface area contributed by atoms with E-state index < -0.39 is 29.9 Å². The van der Waals surface area contributed by atoms with Crippen LogP contribution in [0.2, 0.25) is 0 Å². The number of carbonyl (C=O) groups is 2. The van der Waals surface area contributed by atoms with Gasteiger partial charge in [-0.1, -0.05) is 0 Å². The van der Waals surface area contributed by atoms with Gasteiger partial charge in [-0.05, 0) is 13.0 Å². The second-order valence-electron chi connectivity index (χ2n) is 3.21. The molecule has 0 aliphatic carbocycles. The zero-order valence-corrected chi connectivity index (χ0v) is 8.65. The molecule has 3 amide bonds. The highest BCUT2D eigenvalue weighted by Crippen LogP contribution is 2.27. The van der Waals surface area contributed by atoms with Crippen molar-refractivity contribution < 1.29 is 22.8 Å². The van der Waals surface area contributed by atoms with Crippen molar-refractivity contribution in [2.75, 3.05) is 0 Å². The summed E-state index contributed by atoms with van der Waals surface area (Å²) in [5.41, 5.74) is 3.59. The zero-order valence-electron chi connectivity index (χ0n) is 8.65. The van der Waals surface area contributed by atoms with Gasteiger partial charge in [-0.15, -0.1) is 0 Å². The van der Waals surface area contributed by atoms with E-state index in [0.717, 1.165) is 16.9 Å². The van der Waals surface area contributed by atoms with Crippen LogP contribution in [0.3, 0.4) is 0 Å². The summed E-state index contributed by atoms with van der Waals surface area (Å²) in [6, 6.07) is -1.42. The number of primary amides is 1. The van der Waals surface area contributed by atoms with Crippen LogP contribution < -0.4 is 11.1 Å². The fraction of sp³-hybridized carbons (Fsp3) is 0.375. The maximum Gasteiger partial charge on any atom is 0.435 e. The summed E-state index contributed by atoms with van der Waals surface area (Å²) in [4.78, 5) is 21.6. The molecule has 6 nitrogen and oxygen atoms in total. The number of carbonyl (C=O) groups excluding carboxylic acids is 2. The summed E-state index contributed by atoms with van der Waals surface area (Å²) < 4.78 is 37.5. The quantitative estimate of drug-likeness (QED) is 0.807. The van der Waals surface area contributed by atoms with Crippen LogP contribution in [0.1, 0.15) is 18.7 Å². The number of nitrogens with one attached hydrogen (secondary N) is 1. The summed E-state index contributed by atoms with van der Waals surface area (Å²) in [5.74, 6) is -0.839. The van der Waals surface area contributed by atoms with Gasteiger partial charge in [-0.2, -0.15) is 18.3 Å². The Kier molecular flexibility index (Phi) is 3.39. The second-order valence-corrected chi connectivity index (χ2v) is 3.21. The topological polar surface area (TPSA) is 90.0 Å². The standard InChI is InChI=1S/C8H9F3N4O2/c1-4(6(16)13-7(12)17)15-3-2-5(14-15)8(9,10)11/h2-4H,1H3,(H3,12,13,16,17). The van der Waals surface area contributed by atoms with E-state index in [2.05, 4.69) is 5.10 Å². The summed E-state index contributed by atoms with van der Waals surface area (Å²) in [5, 5.41) is 4.94. The van der Waals surface area contributed by atoms with Crippen LogP contribution in [-0.2, 0) is 11.0 Å². The number of imide groups is 1. The minimum Gasteiger partial charge on any atom is -0.351 e. The van der Waals surface area contributed by atoms with Gasteiger partial charge in [0.05, 0.1) is 0 Å². The first-order chi connectivity index (χ1) is 7.71. The third kappa shape index (κ3) is 3.20. The van der Waals surface area contributed by atoms with Crippen molar-refractivity contribution in [2.24, 2.45) is 5.73 Å². The highest BCUT2D eigenvalue weighted by Gasteiger charge is 2.34. The number of urea groups is 1. The maximum atomic E-state index is 12.2. The van der Waals surface area contributed by atoms with Gasteiger partial charge in [0, 0.05) is 6.20 Å². The Balaban J connectivity index is 2.83. The minimum atomic E-state index is -4.58. The van der Waals surface area contributed by atoms with Crippen LogP contribution in [0.15, 0.2) is 12.3 Å². The normalized spacial score (nSPS) is 13.2. The SMILES string of the molecule is CC(C(=O)NC(N)=O)n1ccc(C(F)(F)F)n1. The Morgan fingerprint density at radius 2 is 2.12 bits per heavy atom. The molecule has 1 aromatic rings. The fourth-order valence-corrected chi connectivity index (χ4v) is 1.05. The minimum absolute atomic E-state index is 0.730. The van der Waals surface area contributed by atoms with E-state index in [4.69, 9.17) is 5.73 Å². The van der Waals surface area contributed by atoms with Gasteiger partial charge >= 0.3 is 12.2 Å². The fourth-order valence-electron chi connectivity index (χ4n) is 1.05. The van der Waals surface area contributed by atoms with Gasteiger partial charge in [0.15, 0.2) is 5.69 Å². The molecule has 17 heavy (non-hydrogen) atoms. The molecule has 94 valence electrons. The van der Waals surface area contributed by atoms with Crippen molar-refractivity contribution in [3.05, 3.63) is 18.0 Å². The van der Waals surface area contributed by atoms with Crippen LogP contribution in [0, 0.1) is 0 Å². The van der Waals surface area contributed by atoms with Crippen molar-refractivity contribution in [1.82, 2.24) is 15.1 Å². The molecule has 1 heterocycles. The molecule has 0 aliphatic rings. The third-order valence-electron chi connectivity index (χ3n) is 1.92. The van der Waals surface area contributed by atoms with Crippen molar-refractivity contribution in [1.29, 1.82) is 0 Å². The van der Waals surface area contributed by atoms with E-state index in [0.29, 0.717) is 0 Å². The molecule has 1 aromatic heterocycles. The van der Waals surface area contributed by atoms with Gasteiger partial charge in [0.25, 0.3) is 5.91 Å². The molecule has 0 aliphatic heterocycles. The van der Waals surface area contributed by atoms with Crippen LogP contribution in [0.4, 0.5) is 18.0 Å². The molecular formula is C8H9F3N4O2. The lowest BCUT2D eigenvalue weighted by molar-refractivity contribution is -0.142. The van der Waals surface area contributed by atoms with Crippen LogP contribution in [-0.4, -0.2) is 21.7 Å². The van der Waals surface area contributed by atoms with Crippen molar-refractivity contribution in [3.8, 4) is 0 Å². The van der Waals surface area contributed by atoms with Gasteiger partial charge < -0.3 is 5.73 Å². The Bertz CT molecular complexity index is 440. The number of hydrogen-bond donors (Lipinski definition) is 2. The Labute approximate surface area is 93.6 Å². The smallest absolute Gasteiger partial charge is 0.351 e. The summed E-state index contributed by atoms with van der Waals surface area (Å²) in [6.45, 7) is 1.28. The molecule has 1 atom stereocenters. The molecule has 0 saturated heterocycles. The number of halogens is 3. The molecule has 0 bridgehead atoms. The Morgan fingerprint density at radius 3 is 2.53 bits per heavy atom. The third-order valence-corrected chi connectivity index (χ3v) is 1.92. The maximum absolute atomic E-state index is 12.2. The number of aromatic nitrogens is 2. The summed E-state index contributed by atoms with van der Waals surface area (Å²) in [6.07, 6.45) is -3.58. The molecule has 0 saturated carbocycles. The van der Waals surface area contributed by atoms with Crippen molar-refractivity contribution >= 4 is 11.9 Å². The van der Waals surface area contributed by atoms with Crippen LogP contribution in [0.25, 0.3) is 0 Å². The monoisotopic (exact) mass is 250 g/mol. The second kappa shape index (κ2) is 4.44. The molecule has 0 aromatic carbocycles. The molecular weight excluding hydrogens is 241 g/mol. The van der Waals surface area contributed by atoms with E-state index in [9.17, 15) is 22.8 Å². The predicted molar refractivity (Wildman–Crippen MR) is 49.7 cm³/mol. The summed E-state index contributed by atoms with van der Waals surface area (Å²) >= 11 is 0. The van der Waals surface area contributed by atoms with Crippen LogP contribution in [0.5, 0.6) is 0 Å². The van der Waals surface area contributed by atoms with Gasteiger partial charge in [-0.3, -0.25) is 14.8 Å². The van der Waals surface area contributed by atoms with E-state index in [1.807, 2.05) is 0 Å². The number of nitrogens with two attached hydrogens (primary N) is 1. The van der Waals surface area contributed by atoms with Gasteiger partial charge in [0.1, 0.15) is 6.04 Å². The Morgan fingerprint density at radius 1 is 1.53 bits per heavy atom. The first-order valence-electron chi connectivity index (χ1n) is 4.44. The van der Waals surface area contributed by atoms with E-state index in [-0.39, 0.29) is 0 Å². The number of rotatable bonds is 2. The highest BCUT2D eigenvalue weighted by molar-refractivity contribution is 5.95. The predicted octanol–water partition coefficient (Wildman–Crippen LogP) is 0.658. The average molecular weight is 250 g/mol. The molecule has 0 radical (unpaired) electrons. The molecule has 3 N–H and O–H groups in total. The number of hydrogen-bond acceptors (Lipinski definition) is 3. The summed E-state index contributed by atoms with van der Waals surface area (Å²) in [7, 11) is 0. The van der Waals surface area contributed by atoms with Gasteiger partial charge in [-0.25, -0.2) is 4.79 Å². The lowest BCUT2D eigenvalue weighted by atomic mass is 10.3. The molecule has 0 fully saturated rings. The molecule has 1 unspecified atom stereocenters. The largest absolute Gasteiger partial charge is 0.435 e. The average Bonchev–Trinajstić information content (AvgIpc) is 2.63. The highest BCUT2D eigenvalue weighted by atomic mass is 19.4. The van der Waals surface area contributed by atoms with E-state index in [1.165, 1.54) is 6.92 Å². The van der Waals surface area contributed by atoms with Crippen molar-refractivity contribution in [3.63, 3.8) is 0 Å². The van der Waals surface area contributed by atoms with Crippen molar-refractivity contribution in [2.45, 2.75) is 19.1 Å². The van der Waals surface area contributed by atoms with E-state index in [1.54, 1.807) is 5.32 Å².